The van der Waals surface area contributed by atoms with E-state index in [0.717, 1.165) is 0 Å². The molecule has 1 aromatic carbocycles. The van der Waals surface area contributed by atoms with Crippen molar-refractivity contribution in [3.63, 3.8) is 0 Å². The summed E-state index contributed by atoms with van der Waals surface area (Å²) >= 11 is 0. The third kappa shape index (κ3) is 15.4. The fourth-order valence-electron chi connectivity index (χ4n) is 3.50. The normalized spacial score (nSPS) is 10.8. The predicted molar refractivity (Wildman–Crippen MR) is 117 cm³/mol. The maximum atomic E-state index is 2.43. The van der Waals surface area contributed by atoms with Crippen molar-refractivity contribution in [2.45, 2.75) is 104 Å². The average Bonchev–Trinajstić information content (AvgIpc) is 2.53. The zero-order valence-electron chi connectivity index (χ0n) is 17.2. The van der Waals surface area contributed by atoms with Crippen molar-refractivity contribution in [3.05, 3.63) is 35.9 Å². The molecular weight excluding hydrogens is 326 g/mol. The second kappa shape index (κ2) is 16.9. The van der Waals surface area contributed by atoms with E-state index in [-0.39, 0.29) is 18.6 Å². The Hall–Kier alpha value is -0.530. The monoisotopic (exact) mass is 369 g/mol. The summed E-state index contributed by atoms with van der Waals surface area (Å²) in [4.78, 5) is 0. The minimum Gasteiger partial charge on any atom is -0.344 e. The van der Waals surface area contributed by atoms with E-state index in [1.807, 2.05) is 0 Å². The first-order chi connectivity index (χ1) is 11.1. The zero-order valence-corrected chi connectivity index (χ0v) is 18.0. The van der Waals surface area contributed by atoms with Gasteiger partial charge >= 0.3 is 0 Å². The van der Waals surface area contributed by atoms with Crippen molar-refractivity contribution in [2.75, 3.05) is 0 Å². The Kier molecular flexibility index (Phi) is 18.1. The Balaban J connectivity index is 0. The summed E-state index contributed by atoms with van der Waals surface area (Å²) in [7, 11) is 0. The molecule has 1 aromatic rings. The third-order valence-electron chi connectivity index (χ3n) is 4.98. The second-order valence-electron chi connectivity index (χ2n) is 8.11. The van der Waals surface area contributed by atoms with Crippen molar-refractivity contribution < 1.29 is 0 Å². The highest BCUT2D eigenvalue weighted by Gasteiger charge is 2.17. The summed E-state index contributed by atoms with van der Waals surface area (Å²) < 4.78 is 0. The van der Waals surface area contributed by atoms with Crippen molar-refractivity contribution in [3.8, 4) is 0 Å². The quantitative estimate of drug-likeness (QED) is 0.327. The van der Waals surface area contributed by atoms with Gasteiger partial charge in [0.2, 0.25) is 0 Å². The molecule has 0 saturated heterocycles. The third-order valence-corrected chi connectivity index (χ3v) is 4.98. The van der Waals surface area contributed by atoms with Crippen LogP contribution in [-0.4, -0.2) is 0 Å². The standard InChI is InChI=1S/C23H40.ClH.H3N/c1-4-5-6-7-8-9-10-11-12-13-17-20-23(2,3)21-22-18-15-14-16-19-22;;/h14-16,18-19H,4-13,17,20-21H2,1-3H3;1H;1H3. The van der Waals surface area contributed by atoms with Gasteiger partial charge in [0, 0.05) is 0 Å². The summed E-state index contributed by atoms with van der Waals surface area (Å²) in [6.07, 6.45) is 18.4. The Morgan fingerprint density at radius 2 is 1.12 bits per heavy atom. The molecule has 0 saturated carbocycles. The molecule has 148 valence electrons. The van der Waals surface area contributed by atoms with Crippen LogP contribution in [0.1, 0.15) is 103 Å². The van der Waals surface area contributed by atoms with Gasteiger partial charge in [-0.05, 0) is 23.8 Å². The first-order valence-corrected chi connectivity index (χ1v) is 10.2. The molecule has 0 heterocycles. The Morgan fingerprint density at radius 3 is 1.60 bits per heavy atom. The lowest BCUT2D eigenvalue weighted by Gasteiger charge is -2.24. The second-order valence-corrected chi connectivity index (χ2v) is 8.11. The molecule has 0 fully saturated rings. The molecule has 0 aliphatic carbocycles. The summed E-state index contributed by atoms with van der Waals surface area (Å²) in [5, 5.41) is 0. The van der Waals surface area contributed by atoms with Crippen LogP contribution < -0.4 is 6.15 Å². The van der Waals surface area contributed by atoms with Crippen LogP contribution >= 0.6 is 12.4 Å². The van der Waals surface area contributed by atoms with E-state index >= 15 is 0 Å². The van der Waals surface area contributed by atoms with Gasteiger partial charge < -0.3 is 6.15 Å². The maximum Gasteiger partial charge on any atom is -0.0227 e. The van der Waals surface area contributed by atoms with E-state index in [1.165, 1.54) is 89.0 Å². The van der Waals surface area contributed by atoms with E-state index in [0.29, 0.717) is 5.41 Å². The van der Waals surface area contributed by atoms with E-state index in [4.69, 9.17) is 0 Å². The fourth-order valence-corrected chi connectivity index (χ4v) is 3.50. The van der Waals surface area contributed by atoms with Crippen molar-refractivity contribution >= 4 is 12.4 Å². The van der Waals surface area contributed by atoms with Gasteiger partial charge in [0.1, 0.15) is 0 Å². The molecular formula is C23H44ClN. The van der Waals surface area contributed by atoms with Gasteiger partial charge in [-0.25, -0.2) is 0 Å². The molecule has 0 aliphatic rings. The van der Waals surface area contributed by atoms with Gasteiger partial charge in [-0.1, -0.05) is 122 Å². The van der Waals surface area contributed by atoms with Gasteiger partial charge in [0.15, 0.2) is 0 Å². The first-order valence-electron chi connectivity index (χ1n) is 10.2. The number of benzene rings is 1. The van der Waals surface area contributed by atoms with E-state index in [2.05, 4.69) is 51.1 Å². The first kappa shape index (κ1) is 26.7. The molecule has 1 nitrogen and oxygen atoms in total. The molecule has 25 heavy (non-hydrogen) atoms. The van der Waals surface area contributed by atoms with Gasteiger partial charge in [0.25, 0.3) is 0 Å². The molecule has 3 N–H and O–H groups in total. The van der Waals surface area contributed by atoms with Crippen LogP contribution in [0.15, 0.2) is 30.3 Å². The fraction of sp³-hybridized carbons (Fsp3) is 0.739. The molecule has 0 bridgehead atoms. The highest BCUT2D eigenvalue weighted by atomic mass is 35.5. The Bertz CT molecular complexity index is 375. The van der Waals surface area contributed by atoms with Crippen LogP contribution in [0, 0.1) is 5.41 Å². The smallest absolute Gasteiger partial charge is 0.0227 e. The topological polar surface area (TPSA) is 35.0 Å². The van der Waals surface area contributed by atoms with Crippen molar-refractivity contribution in [2.24, 2.45) is 5.41 Å². The number of unbranched alkanes of at least 4 members (excludes halogenated alkanes) is 10. The molecule has 0 aliphatic heterocycles. The van der Waals surface area contributed by atoms with Gasteiger partial charge in [-0.2, -0.15) is 0 Å². The average molecular weight is 370 g/mol. The largest absolute Gasteiger partial charge is 0.344 e. The lowest BCUT2D eigenvalue weighted by atomic mass is 9.81. The number of rotatable bonds is 14. The van der Waals surface area contributed by atoms with Gasteiger partial charge in [-0.3, -0.25) is 0 Å². The van der Waals surface area contributed by atoms with Gasteiger partial charge in [0.05, 0.1) is 0 Å². The molecule has 0 atom stereocenters. The van der Waals surface area contributed by atoms with E-state index < -0.39 is 0 Å². The van der Waals surface area contributed by atoms with Crippen LogP contribution in [0.25, 0.3) is 0 Å². The summed E-state index contributed by atoms with van der Waals surface area (Å²) in [5.74, 6) is 0. The van der Waals surface area contributed by atoms with Crippen molar-refractivity contribution in [1.82, 2.24) is 6.15 Å². The molecule has 1 rings (SSSR count). The van der Waals surface area contributed by atoms with Crippen LogP contribution in [0.2, 0.25) is 0 Å². The van der Waals surface area contributed by atoms with E-state index in [1.54, 1.807) is 0 Å². The van der Waals surface area contributed by atoms with Crippen molar-refractivity contribution in [1.29, 1.82) is 0 Å². The lowest BCUT2D eigenvalue weighted by Crippen LogP contribution is -2.14. The minimum atomic E-state index is 0. The molecule has 0 radical (unpaired) electrons. The van der Waals surface area contributed by atoms with Crippen LogP contribution in [0.4, 0.5) is 0 Å². The number of hydrogen-bond donors (Lipinski definition) is 1. The molecule has 0 spiro atoms. The van der Waals surface area contributed by atoms with Crippen LogP contribution in [0.3, 0.4) is 0 Å². The highest BCUT2D eigenvalue weighted by Crippen LogP contribution is 2.28. The molecule has 0 aromatic heterocycles. The highest BCUT2D eigenvalue weighted by molar-refractivity contribution is 5.85. The Morgan fingerprint density at radius 1 is 0.680 bits per heavy atom. The minimum absolute atomic E-state index is 0. The zero-order chi connectivity index (χ0) is 16.8. The SMILES string of the molecule is CCCCCCCCCCCCCC(C)(C)Cc1ccccc1.Cl.N. The van der Waals surface area contributed by atoms with Gasteiger partial charge in [-0.15, -0.1) is 12.4 Å². The molecule has 0 amide bonds. The number of hydrogen-bond acceptors (Lipinski definition) is 1. The maximum absolute atomic E-state index is 2.43. The molecule has 2 heteroatoms. The summed E-state index contributed by atoms with van der Waals surface area (Å²) in [6.45, 7) is 7.15. The summed E-state index contributed by atoms with van der Waals surface area (Å²) in [6, 6.07) is 11.0. The summed E-state index contributed by atoms with van der Waals surface area (Å²) in [5.41, 5.74) is 1.93. The molecule has 0 unspecified atom stereocenters. The van der Waals surface area contributed by atoms with Crippen LogP contribution in [-0.2, 0) is 6.42 Å². The van der Waals surface area contributed by atoms with Crippen LogP contribution in [0.5, 0.6) is 0 Å². The predicted octanol–water partition coefficient (Wildman–Crippen LogP) is 8.54. The number of halogens is 1. The Labute approximate surface area is 164 Å². The lowest BCUT2D eigenvalue weighted by molar-refractivity contribution is 0.316. The van der Waals surface area contributed by atoms with E-state index in [9.17, 15) is 0 Å².